The van der Waals surface area contributed by atoms with Gasteiger partial charge >= 0.3 is 0 Å². The molecule has 1 rings (SSSR count). The third kappa shape index (κ3) is 5.10. The lowest BCUT2D eigenvalue weighted by Crippen LogP contribution is -2.17. The zero-order valence-corrected chi connectivity index (χ0v) is 11.9. The number of anilines is 1. The van der Waals surface area contributed by atoms with Gasteiger partial charge in [0.2, 0.25) is 0 Å². The zero-order chi connectivity index (χ0) is 13.5. The molecule has 5 nitrogen and oxygen atoms in total. The Morgan fingerprint density at radius 3 is 2.94 bits per heavy atom. The number of pyridine rings is 1. The fraction of sp³-hybridized carbons (Fsp3) is 0.545. The van der Waals surface area contributed by atoms with E-state index < -0.39 is 4.92 Å². The first-order valence-corrected chi connectivity index (χ1v) is 7.22. The van der Waals surface area contributed by atoms with E-state index >= 15 is 0 Å². The lowest BCUT2D eigenvalue weighted by atomic mass is 10.2. The molecule has 0 aromatic carbocycles. The second-order valence-electron chi connectivity index (χ2n) is 3.82. The maximum atomic E-state index is 10.7. The summed E-state index contributed by atoms with van der Waals surface area (Å²) < 4.78 is 0. The van der Waals surface area contributed by atoms with E-state index in [0.717, 1.165) is 17.9 Å². The molecule has 1 unspecified atom stereocenters. The van der Waals surface area contributed by atoms with Gasteiger partial charge in [-0.3, -0.25) is 10.1 Å². The van der Waals surface area contributed by atoms with E-state index in [0.29, 0.717) is 5.82 Å². The quantitative estimate of drug-likeness (QED) is 0.359. The van der Waals surface area contributed by atoms with Crippen LogP contribution in [0.2, 0.25) is 5.15 Å². The van der Waals surface area contributed by atoms with Gasteiger partial charge in [-0.25, -0.2) is 4.98 Å². The molecule has 7 heteroatoms. The maximum Gasteiger partial charge on any atom is 0.276 e. The fourth-order valence-corrected chi connectivity index (χ4v) is 2.40. The van der Waals surface area contributed by atoms with Crippen LogP contribution >= 0.6 is 23.4 Å². The van der Waals surface area contributed by atoms with Crippen molar-refractivity contribution < 1.29 is 4.92 Å². The Balaban J connectivity index is 2.63. The third-order valence-corrected chi connectivity index (χ3v) is 3.41. The largest absolute Gasteiger partial charge is 0.367 e. The summed E-state index contributed by atoms with van der Waals surface area (Å²) in [6.07, 6.45) is 0.973. The van der Waals surface area contributed by atoms with Gasteiger partial charge in [0.25, 0.3) is 5.69 Å². The van der Waals surface area contributed by atoms with Gasteiger partial charge in [0.05, 0.1) is 17.1 Å². The van der Waals surface area contributed by atoms with Gasteiger partial charge in [0, 0.05) is 6.04 Å². The predicted molar refractivity (Wildman–Crippen MR) is 76.6 cm³/mol. The summed E-state index contributed by atoms with van der Waals surface area (Å²) in [7, 11) is 0. The van der Waals surface area contributed by atoms with Crippen LogP contribution in [0, 0.1) is 10.1 Å². The maximum absolute atomic E-state index is 10.7. The van der Waals surface area contributed by atoms with Gasteiger partial charge in [-0.1, -0.05) is 18.5 Å². The van der Waals surface area contributed by atoms with Crippen molar-refractivity contribution in [3.8, 4) is 0 Å². The van der Waals surface area contributed by atoms with Gasteiger partial charge in [0.15, 0.2) is 0 Å². The monoisotopic (exact) mass is 289 g/mol. The van der Waals surface area contributed by atoms with Gasteiger partial charge in [-0.2, -0.15) is 11.8 Å². The van der Waals surface area contributed by atoms with E-state index in [4.69, 9.17) is 11.6 Å². The smallest absolute Gasteiger partial charge is 0.276 e. The summed E-state index contributed by atoms with van der Waals surface area (Å²) in [6.45, 7) is 4.13. The number of aromatic nitrogens is 1. The second-order valence-corrected chi connectivity index (χ2v) is 5.60. The van der Waals surface area contributed by atoms with Crippen LogP contribution in [0.15, 0.2) is 12.1 Å². The number of nitrogens with zero attached hydrogens (tertiary/aromatic N) is 2. The highest BCUT2D eigenvalue weighted by atomic mass is 35.5. The number of hydrogen-bond donors (Lipinski definition) is 1. The van der Waals surface area contributed by atoms with Crippen LogP contribution in [0.1, 0.15) is 20.3 Å². The summed E-state index contributed by atoms with van der Waals surface area (Å²) >= 11 is 7.61. The molecule has 0 aliphatic carbocycles. The van der Waals surface area contributed by atoms with E-state index in [1.807, 2.05) is 18.7 Å². The molecule has 0 radical (unpaired) electrons. The molecule has 1 aromatic heterocycles. The van der Waals surface area contributed by atoms with Crippen LogP contribution in [0.4, 0.5) is 11.5 Å². The molecular formula is C11H16ClN3O2S. The number of hydrogen-bond acceptors (Lipinski definition) is 5. The Bertz CT molecular complexity index is 417. The summed E-state index contributed by atoms with van der Waals surface area (Å²) in [5, 5.41) is 13.9. The molecule has 1 N–H and O–H groups in total. The van der Waals surface area contributed by atoms with Crippen LogP contribution in [-0.2, 0) is 0 Å². The van der Waals surface area contributed by atoms with Crippen LogP contribution in [0.5, 0.6) is 0 Å². The standard InChI is InChI=1S/C11H16ClN3O2S/c1-3-18-5-4-8(2)13-11-7-9(15(16)17)6-10(12)14-11/h6-8H,3-5H2,1-2H3,(H,13,14). The van der Waals surface area contributed by atoms with Gasteiger partial charge in [0.1, 0.15) is 11.0 Å². The van der Waals surface area contributed by atoms with Crippen LogP contribution in [0.3, 0.4) is 0 Å². The number of halogens is 1. The summed E-state index contributed by atoms with van der Waals surface area (Å²) in [6, 6.07) is 2.84. The van der Waals surface area contributed by atoms with Crippen molar-refractivity contribution in [1.82, 2.24) is 4.98 Å². The van der Waals surface area contributed by atoms with E-state index in [1.165, 1.54) is 12.1 Å². The lowest BCUT2D eigenvalue weighted by Gasteiger charge is -2.14. The van der Waals surface area contributed by atoms with Gasteiger partial charge in [-0.15, -0.1) is 0 Å². The topological polar surface area (TPSA) is 68.1 Å². The Morgan fingerprint density at radius 2 is 2.33 bits per heavy atom. The summed E-state index contributed by atoms with van der Waals surface area (Å²) in [4.78, 5) is 14.2. The lowest BCUT2D eigenvalue weighted by molar-refractivity contribution is -0.384. The first-order chi connectivity index (χ1) is 8.52. The summed E-state index contributed by atoms with van der Waals surface area (Å²) in [5.74, 6) is 2.59. The van der Waals surface area contributed by atoms with Gasteiger partial charge < -0.3 is 5.32 Å². The number of rotatable bonds is 7. The van der Waals surface area contributed by atoms with Crippen molar-refractivity contribution in [3.63, 3.8) is 0 Å². The van der Waals surface area contributed by atoms with Crippen molar-refractivity contribution in [1.29, 1.82) is 0 Å². The van der Waals surface area contributed by atoms with Crippen molar-refractivity contribution in [2.45, 2.75) is 26.3 Å². The minimum Gasteiger partial charge on any atom is -0.367 e. The SMILES string of the molecule is CCSCCC(C)Nc1cc([N+](=O)[O-])cc(Cl)n1. The second kappa shape index (κ2) is 7.43. The normalized spacial score (nSPS) is 12.2. The highest BCUT2D eigenvalue weighted by molar-refractivity contribution is 7.99. The molecule has 1 atom stereocenters. The minimum atomic E-state index is -0.476. The Morgan fingerprint density at radius 1 is 1.61 bits per heavy atom. The number of thioether (sulfide) groups is 1. The third-order valence-electron chi connectivity index (χ3n) is 2.28. The van der Waals surface area contributed by atoms with Crippen molar-refractivity contribution in [2.75, 3.05) is 16.8 Å². The first-order valence-electron chi connectivity index (χ1n) is 5.69. The Labute approximate surface area is 115 Å². The van der Waals surface area contributed by atoms with Crippen molar-refractivity contribution in [2.24, 2.45) is 0 Å². The van der Waals surface area contributed by atoms with Crippen molar-refractivity contribution in [3.05, 3.63) is 27.4 Å². The number of nitro groups is 1. The number of nitrogens with one attached hydrogen (secondary N) is 1. The highest BCUT2D eigenvalue weighted by Crippen LogP contribution is 2.21. The fourth-order valence-electron chi connectivity index (χ4n) is 1.39. The molecule has 0 aliphatic heterocycles. The van der Waals surface area contributed by atoms with Crippen molar-refractivity contribution >= 4 is 34.9 Å². The molecule has 0 saturated carbocycles. The molecule has 0 bridgehead atoms. The van der Waals surface area contributed by atoms with E-state index in [1.54, 1.807) is 0 Å². The van der Waals surface area contributed by atoms with Crippen LogP contribution in [-0.4, -0.2) is 27.5 Å². The van der Waals surface area contributed by atoms with Gasteiger partial charge in [-0.05, 0) is 24.9 Å². The van der Waals surface area contributed by atoms with E-state index in [2.05, 4.69) is 17.2 Å². The van der Waals surface area contributed by atoms with Crippen LogP contribution < -0.4 is 5.32 Å². The Kier molecular flexibility index (Phi) is 6.21. The molecule has 0 aliphatic rings. The Hall–Kier alpha value is -1.01. The zero-order valence-electron chi connectivity index (χ0n) is 10.4. The minimum absolute atomic E-state index is 0.0485. The molecular weight excluding hydrogens is 274 g/mol. The molecule has 1 heterocycles. The van der Waals surface area contributed by atoms with E-state index in [9.17, 15) is 10.1 Å². The molecule has 0 amide bonds. The predicted octanol–water partition coefficient (Wildman–Crippen LogP) is 3.59. The average Bonchev–Trinajstić information content (AvgIpc) is 2.28. The van der Waals surface area contributed by atoms with E-state index in [-0.39, 0.29) is 16.9 Å². The van der Waals surface area contributed by atoms with Crippen LogP contribution in [0.25, 0.3) is 0 Å². The molecule has 100 valence electrons. The average molecular weight is 290 g/mol. The molecule has 0 fully saturated rings. The summed E-state index contributed by atoms with van der Waals surface area (Å²) in [5.41, 5.74) is -0.0485. The highest BCUT2D eigenvalue weighted by Gasteiger charge is 2.11. The molecule has 1 aromatic rings. The first kappa shape index (κ1) is 15.0. The molecule has 0 saturated heterocycles. The molecule has 18 heavy (non-hydrogen) atoms. The molecule has 0 spiro atoms.